The summed E-state index contributed by atoms with van der Waals surface area (Å²) < 4.78 is 4.76. The van der Waals surface area contributed by atoms with Gasteiger partial charge in [-0.05, 0) is 67.1 Å². The monoisotopic (exact) mass is 434 g/mol. The molecule has 0 aromatic heterocycles. The van der Waals surface area contributed by atoms with E-state index in [9.17, 15) is 4.79 Å². The van der Waals surface area contributed by atoms with Gasteiger partial charge in [-0.1, -0.05) is 31.2 Å². The van der Waals surface area contributed by atoms with Gasteiger partial charge in [0.25, 0.3) is 0 Å². The Bertz CT molecular complexity index is 906. The minimum Gasteiger partial charge on any atom is -0.465 e. The Labute approximate surface area is 191 Å². The van der Waals surface area contributed by atoms with Crippen LogP contribution in [-0.2, 0) is 11.3 Å². The third-order valence-electron chi connectivity index (χ3n) is 6.12. The topological polar surface area (TPSA) is 66.0 Å². The number of methoxy groups -OCH3 is 1. The average molecular weight is 435 g/mol. The number of anilines is 1. The van der Waals surface area contributed by atoms with Crippen molar-refractivity contribution < 1.29 is 9.53 Å². The highest BCUT2D eigenvalue weighted by Gasteiger charge is 2.24. The third-order valence-corrected chi connectivity index (χ3v) is 6.12. The molecule has 1 fully saturated rings. The molecule has 0 spiro atoms. The lowest BCUT2D eigenvalue weighted by molar-refractivity contribution is 0.0600. The molecule has 0 saturated heterocycles. The van der Waals surface area contributed by atoms with Gasteiger partial charge in [-0.25, -0.2) is 4.79 Å². The Hall–Kier alpha value is -2.70. The molecular weight excluding hydrogens is 400 g/mol. The van der Waals surface area contributed by atoms with E-state index in [2.05, 4.69) is 51.7 Å². The van der Waals surface area contributed by atoms with Crippen LogP contribution >= 0.6 is 0 Å². The van der Waals surface area contributed by atoms with Crippen molar-refractivity contribution in [2.24, 2.45) is 10.9 Å². The second-order valence-corrected chi connectivity index (χ2v) is 8.85. The van der Waals surface area contributed by atoms with Crippen molar-refractivity contribution in [2.75, 3.05) is 32.1 Å². The average Bonchev–Trinajstić information content (AvgIpc) is 3.65. The van der Waals surface area contributed by atoms with Crippen molar-refractivity contribution in [3.63, 3.8) is 0 Å². The maximum absolute atomic E-state index is 11.6. The number of aliphatic imine (C=N–C) groups is 1. The number of hydrogen-bond acceptors (Lipinski definition) is 6. The maximum atomic E-state index is 11.6. The highest BCUT2D eigenvalue weighted by Crippen LogP contribution is 2.30. The van der Waals surface area contributed by atoms with Crippen molar-refractivity contribution in [1.29, 1.82) is 0 Å². The van der Waals surface area contributed by atoms with Gasteiger partial charge in [0.05, 0.1) is 12.7 Å². The summed E-state index contributed by atoms with van der Waals surface area (Å²) in [5, 5.41) is 6.90. The lowest BCUT2D eigenvalue weighted by Crippen LogP contribution is -2.41. The summed E-state index contributed by atoms with van der Waals surface area (Å²) in [4.78, 5) is 18.8. The van der Waals surface area contributed by atoms with E-state index in [1.807, 2.05) is 18.3 Å². The summed E-state index contributed by atoms with van der Waals surface area (Å²) in [6.07, 6.45) is 5.84. The molecule has 32 heavy (non-hydrogen) atoms. The molecule has 2 aromatic carbocycles. The number of rotatable bonds is 10. The Morgan fingerprint density at radius 2 is 1.91 bits per heavy atom. The molecule has 6 nitrogen and oxygen atoms in total. The Kier molecular flexibility index (Phi) is 7.55. The second-order valence-electron chi connectivity index (χ2n) is 8.85. The first kappa shape index (κ1) is 22.5. The number of nitrogens with one attached hydrogen (secondary N) is 2. The molecule has 170 valence electrons. The van der Waals surface area contributed by atoms with Crippen LogP contribution in [0, 0.1) is 5.92 Å². The van der Waals surface area contributed by atoms with Gasteiger partial charge < -0.3 is 10.1 Å². The maximum Gasteiger partial charge on any atom is 0.337 e. The van der Waals surface area contributed by atoms with E-state index in [-0.39, 0.29) is 18.2 Å². The molecule has 2 aliphatic rings. The summed E-state index contributed by atoms with van der Waals surface area (Å²) >= 11 is 0. The number of esters is 1. The van der Waals surface area contributed by atoms with Crippen LogP contribution in [0.15, 0.2) is 53.5 Å². The zero-order valence-corrected chi connectivity index (χ0v) is 19.1. The molecule has 0 bridgehead atoms. The van der Waals surface area contributed by atoms with Gasteiger partial charge >= 0.3 is 5.97 Å². The van der Waals surface area contributed by atoms with Crippen LogP contribution in [0.25, 0.3) is 0 Å². The van der Waals surface area contributed by atoms with Gasteiger partial charge in [-0.2, -0.15) is 0 Å². The predicted molar refractivity (Wildman–Crippen MR) is 129 cm³/mol. The standard InChI is InChI=1S/C26H34N4O2/c1-3-14-30(17-19-4-5-19)18-20-6-12-24(13-7-20)29-26-27-15-23(16-28-26)21-8-10-22(11-9-21)25(31)32-2/h6-13,15,19,23,26,28-29H,3-5,14,16-18H2,1-2H3. The normalized spacial score (nSPS) is 20.3. The Morgan fingerprint density at radius 1 is 1.16 bits per heavy atom. The zero-order chi connectivity index (χ0) is 22.3. The molecule has 2 aromatic rings. The summed E-state index contributed by atoms with van der Waals surface area (Å²) in [7, 11) is 1.39. The highest BCUT2D eigenvalue weighted by molar-refractivity contribution is 5.89. The van der Waals surface area contributed by atoms with Crippen molar-refractivity contribution in [2.45, 2.75) is 44.9 Å². The van der Waals surface area contributed by atoms with Gasteiger partial charge in [0.2, 0.25) is 0 Å². The zero-order valence-electron chi connectivity index (χ0n) is 19.1. The van der Waals surface area contributed by atoms with Gasteiger partial charge in [0.1, 0.15) is 0 Å². The van der Waals surface area contributed by atoms with E-state index in [1.165, 1.54) is 45.0 Å². The van der Waals surface area contributed by atoms with Gasteiger partial charge in [-0.15, -0.1) is 0 Å². The van der Waals surface area contributed by atoms with E-state index in [0.29, 0.717) is 5.56 Å². The minimum atomic E-state index is -0.316. The molecule has 2 unspecified atom stereocenters. The lowest BCUT2D eigenvalue weighted by Gasteiger charge is -2.26. The molecule has 2 atom stereocenters. The summed E-state index contributed by atoms with van der Waals surface area (Å²) in [5.74, 6) is 0.786. The van der Waals surface area contributed by atoms with E-state index >= 15 is 0 Å². The molecule has 2 N–H and O–H groups in total. The first-order chi connectivity index (χ1) is 15.6. The first-order valence-electron chi connectivity index (χ1n) is 11.7. The van der Waals surface area contributed by atoms with E-state index in [1.54, 1.807) is 12.1 Å². The fraction of sp³-hybridized carbons (Fsp3) is 0.462. The number of nitrogens with zero attached hydrogens (tertiary/aromatic N) is 2. The van der Waals surface area contributed by atoms with E-state index < -0.39 is 0 Å². The second kappa shape index (κ2) is 10.7. The van der Waals surface area contributed by atoms with Crippen LogP contribution in [0.3, 0.4) is 0 Å². The minimum absolute atomic E-state index is 0.141. The smallest absolute Gasteiger partial charge is 0.337 e. The third kappa shape index (κ3) is 6.17. The van der Waals surface area contributed by atoms with Crippen molar-refractivity contribution in [1.82, 2.24) is 10.2 Å². The van der Waals surface area contributed by atoms with Crippen molar-refractivity contribution in [3.05, 3.63) is 65.2 Å². The number of carbonyl (C=O) groups excluding carboxylic acids is 1. The van der Waals surface area contributed by atoms with Gasteiger partial charge in [-0.3, -0.25) is 15.2 Å². The fourth-order valence-corrected chi connectivity index (χ4v) is 4.15. The van der Waals surface area contributed by atoms with E-state index in [0.717, 1.165) is 30.3 Å². The molecular formula is C26H34N4O2. The number of benzene rings is 2. The molecule has 4 rings (SSSR count). The molecule has 1 aliphatic heterocycles. The quantitative estimate of drug-likeness (QED) is 0.548. The summed E-state index contributed by atoms with van der Waals surface area (Å²) in [6.45, 7) is 6.47. The van der Waals surface area contributed by atoms with Gasteiger partial charge in [0, 0.05) is 37.5 Å². The van der Waals surface area contributed by atoms with Crippen LogP contribution in [-0.4, -0.2) is 50.1 Å². The Morgan fingerprint density at radius 3 is 2.50 bits per heavy atom. The van der Waals surface area contributed by atoms with Crippen LogP contribution < -0.4 is 10.6 Å². The lowest BCUT2D eigenvalue weighted by atomic mass is 9.98. The summed E-state index contributed by atoms with van der Waals surface area (Å²) in [6, 6.07) is 16.2. The molecule has 1 heterocycles. The number of carbonyl (C=O) groups is 1. The van der Waals surface area contributed by atoms with Crippen molar-refractivity contribution >= 4 is 17.9 Å². The molecule has 0 radical (unpaired) electrons. The SMILES string of the molecule is CCCN(Cc1ccc(NC2N=CC(c3ccc(C(=O)OC)cc3)CN2)cc1)CC1CC1. The highest BCUT2D eigenvalue weighted by atomic mass is 16.5. The Balaban J connectivity index is 1.29. The number of hydrogen-bond donors (Lipinski definition) is 2. The van der Waals surface area contributed by atoms with Crippen LogP contribution in [0.1, 0.15) is 53.6 Å². The van der Waals surface area contributed by atoms with Crippen LogP contribution in [0.2, 0.25) is 0 Å². The largest absolute Gasteiger partial charge is 0.465 e. The predicted octanol–water partition coefficient (Wildman–Crippen LogP) is 4.25. The fourth-order valence-electron chi connectivity index (χ4n) is 4.15. The van der Waals surface area contributed by atoms with Gasteiger partial charge in [0.15, 0.2) is 6.29 Å². The summed E-state index contributed by atoms with van der Waals surface area (Å²) in [5.41, 5.74) is 4.11. The number of ether oxygens (including phenoxy) is 1. The molecule has 1 saturated carbocycles. The molecule has 0 amide bonds. The first-order valence-corrected chi connectivity index (χ1v) is 11.7. The van der Waals surface area contributed by atoms with E-state index in [4.69, 9.17) is 4.74 Å². The molecule has 1 aliphatic carbocycles. The van der Waals surface area contributed by atoms with Crippen LogP contribution in [0.4, 0.5) is 5.69 Å². The van der Waals surface area contributed by atoms with Crippen LogP contribution in [0.5, 0.6) is 0 Å². The van der Waals surface area contributed by atoms with Crippen molar-refractivity contribution in [3.8, 4) is 0 Å². The molecule has 6 heteroatoms.